The summed E-state index contributed by atoms with van der Waals surface area (Å²) >= 11 is 0. The summed E-state index contributed by atoms with van der Waals surface area (Å²) in [5, 5.41) is 16.9. The molecule has 172 valence electrons. The first-order valence-electron chi connectivity index (χ1n) is 11.7. The van der Waals surface area contributed by atoms with Crippen LogP contribution in [0.2, 0.25) is 0 Å². The number of hydrogen-bond acceptors (Lipinski definition) is 5. The van der Waals surface area contributed by atoms with E-state index in [1.807, 2.05) is 19.2 Å². The number of nitrogens with zero attached hydrogens (tertiary/aromatic N) is 4. The topological polar surface area (TPSA) is 92.3 Å². The van der Waals surface area contributed by atoms with E-state index >= 15 is 0 Å². The summed E-state index contributed by atoms with van der Waals surface area (Å²) in [7, 11) is 0. The normalized spacial score (nSPS) is 25.1. The number of amides is 1. The fourth-order valence-corrected chi connectivity index (χ4v) is 5.89. The molecule has 2 atom stereocenters. The van der Waals surface area contributed by atoms with E-state index in [1.165, 1.54) is 0 Å². The number of terminal acetylenes is 1. The van der Waals surface area contributed by atoms with Gasteiger partial charge in [0, 0.05) is 28.6 Å². The van der Waals surface area contributed by atoms with Gasteiger partial charge in [0.2, 0.25) is 0 Å². The number of nitriles is 1. The predicted octanol–water partition coefficient (Wildman–Crippen LogP) is 3.76. The van der Waals surface area contributed by atoms with Gasteiger partial charge in [0.25, 0.3) is 5.91 Å². The number of aromatic nitrogens is 3. The van der Waals surface area contributed by atoms with Crippen LogP contribution in [-0.2, 0) is 11.2 Å². The Bertz CT molecular complexity index is 1320. The van der Waals surface area contributed by atoms with Gasteiger partial charge in [-0.1, -0.05) is 6.07 Å². The Hall–Kier alpha value is -3.84. The summed E-state index contributed by atoms with van der Waals surface area (Å²) in [6, 6.07) is 8.30. The summed E-state index contributed by atoms with van der Waals surface area (Å²) in [5.41, 5.74) is 3.94. The zero-order valence-electron chi connectivity index (χ0n) is 19.4. The molecule has 1 amide bonds. The maximum atomic E-state index is 11.7. The highest BCUT2D eigenvalue weighted by atomic mass is 16.5. The van der Waals surface area contributed by atoms with Gasteiger partial charge in [0.05, 0.1) is 30.1 Å². The van der Waals surface area contributed by atoms with Gasteiger partial charge < -0.3 is 10.1 Å². The molecule has 1 N–H and O–H groups in total. The number of pyridine rings is 2. The van der Waals surface area contributed by atoms with Crippen molar-refractivity contribution in [1.29, 1.82) is 5.26 Å². The van der Waals surface area contributed by atoms with E-state index in [0.29, 0.717) is 35.7 Å². The van der Waals surface area contributed by atoms with Crippen LogP contribution in [0.15, 0.2) is 36.8 Å². The fourth-order valence-electron chi connectivity index (χ4n) is 5.89. The van der Waals surface area contributed by atoms with Crippen LogP contribution in [0, 0.1) is 41.4 Å². The van der Waals surface area contributed by atoms with Crippen LogP contribution < -0.4 is 10.1 Å². The molecule has 0 radical (unpaired) electrons. The highest BCUT2D eigenvalue weighted by Crippen LogP contribution is 2.55. The minimum atomic E-state index is -0.312. The van der Waals surface area contributed by atoms with Crippen molar-refractivity contribution >= 4 is 11.4 Å². The van der Waals surface area contributed by atoms with Crippen molar-refractivity contribution in [2.45, 2.75) is 45.1 Å². The second-order valence-electron chi connectivity index (χ2n) is 9.58. The highest BCUT2D eigenvalue weighted by Gasteiger charge is 2.56. The number of rotatable bonds is 6. The first-order chi connectivity index (χ1) is 16.4. The molecule has 3 aliphatic rings. The van der Waals surface area contributed by atoms with Crippen molar-refractivity contribution in [1.82, 2.24) is 19.9 Å². The van der Waals surface area contributed by atoms with Gasteiger partial charge in [-0.25, -0.2) is 4.52 Å². The molecule has 2 bridgehead atoms. The third kappa shape index (κ3) is 3.68. The maximum absolute atomic E-state index is 11.7. The molecule has 3 saturated carbocycles. The number of carbonyl (C=O) groups is 1. The molecule has 34 heavy (non-hydrogen) atoms. The smallest absolute Gasteiger partial charge is 0.296 e. The molecule has 3 fully saturated rings. The van der Waals surface area contributed by atoms with Crippen LogP contribution in [0.4, 0.5) is 0 Å². The Labute approximate surface area is 199 Å². The molecule has 7 heteroatoms. The zero-order valence-corrected chi connectivity index (χ0v) is 19.4. The van der Waals surface area contributed by atoms with Crippen molar-refractivity contribution in [2.24, 2.45) is 17.8 Å². The lowest BCUT2D eigenvalue weighted by molar-refractivity contribution is -0.126. The van der Waals surface area contributed by atoms with Gasteiger partial charge in [-0.05, 0) is 75.3 Å². The van der Waals surface area contributed by atoms with Crippen LogP contribution in [0.25, 0.3) is 16.6 Å². The lowest BCUT2D eigenvalue weighted by Gasteiger charge is -2.60. The van der Waals surface area contributed by atoms with Crippen LogP contribution in [-0.4, -0.2) is 32.7 Å². The first kappa shape index (κ1) is 22.0. The molecular formula is C27H27N5O2. The Kier molecular flexibility index (Phi) is 5.49. The molecule has 3 heterocycles. The quantitative estimate of drug-likeness (QED) is 0.574. The second kappa shape index (κ2) is 8.50. The molecule has 7 nitrogen and oxygen atoms in total. The Morgan fingerprint density at radius 2 is 2.12 bits per heavy atom. The molecule has 2 unspecified atom stereocenters. The van der Waals surface area contributed by atoms with Crippen LogP contribution >= 0.6 is 0 Å². The van der Waals surface area contributed by atoms with Crippen molar-refractivity contribution in [3.8, 4) is 35.3 Å². The SMILES string of the molecule is C#CC(=O)NC1(C)C2CC(Cc3ccc(-c4cc(OCC)cn5ncc(C#N)c45)cn3)CC1C2. The molecule has 6 rings (SSSR count). The van der Waals surface area contributed by atoms with E-state index in [-0.39, 0.29) is 11.4 Å². The van der Waals surface area contributed by atoms with Crippen LogP contribution in [0.5, 0.6) is 5.75 Å². The number of nitrogens with one attached hydrogen (secondary N) is 1. The minimum absolute atomic E-state index is 0.169. The molecule has 3 aromatic heterocycles. The Balaban J connectivity index is 1.34. The van der Waals surface area contributed by atoms with Gasteiger partial charge in [0.15, 0.2) is 0 Å². The van der Waals surface area contributed by atoms with Gasteiger partial charge in [0.1, 0.15) is 11.8 Å². The van der Waals surface area contributed by atoms with Gasteiger partial charge in [-0.15, -0.1) is 6.42 Å². The number of fused-ring (bicyclic) bond motifs is 3. The molecule has 0 aliphatic heterocycles. The molecule has 0 spiro atoms. The zero-order chi connectivity index (χ0) is 23.9. The van der Waals surface area contributed by atoms with Crippen LogP contribution in [0.1, 0.15) is 44.4 Å². The molecule has 0 saturated heterocycles. The minimum Gasteiger partial charge on any atom is -0.492 e. The Morgan fingerprint density at radius 3 is 2.76 bits per heavy atom. The summed E-state index contributed by atoms with van der Waals surface area (Å²) in [6.45, 7) is 4.61. The molecular weight excluding hydrogens is 426 g/mol. The van der Waals surface area contributed by atoms with E-state index < -0.39 is 0 Å². The summed E-state index contributed by atoms with van der Waals surface area (Å²) in [5.74, 6) is 4.05. The van der Waals surface area contributed by atoms with Crippen molar-refractivity contribution in [2.75, 3.05) is 6.61 Å². The standard InChI is InChI=1S/C27H27N5O2/c1-4-25(33)31-27(3)20-8-17(9-21(27)11-20)10-22-7-6-18(14-29-22)24-12-23(34-5-2)16-32-26(24)19(13-28)15-30-32/h1,6-7,12,14-17,20-21H,5,8-11H2,2-3H3,(H,31,33). The van der Waals surface area contributed by atoms with Gasteiger partial charge in [-0.2, -0.15) is 10.4 Å². The average Bonchev–Trinajstić information content (AvgIpc) is 3.27. The number of ether oxygens (including phenoxy) is 1. The van der Waals surface area contributed by atoms with E-state index in [0.717, 1.165) is 48.0 Å². The second-order valence-corrected chi connectivity index (χ2v) is 9.58. The van der Waals surface area contributed by atoms with E-state index in [9.17, 15) is 10.1 Å². The number of carbonyl (C=O) groups excluding carboxylic acids is 1. The summed E-state index contributed by atoms with van der Waals surface area (Å²) in [4.78, 5) is 16.5. The van der Waals surface area contributed by atoms with Gasteiger partial charge in [-0.3, -0.25) is 9.78 Å². The predicted molar refractivity (Wildman–Crippen MR) is 128 cm³/mol. The largest absolute Gasteiger partial charge is 0.492 e. The monoisotopic (exact) mass is 453 g/mol. The summed E-state index contributed by atoms with van der Waals surface area (Å²) in [6.07, 6.45) is 14.7. The van der Waals surface area contributed by atoms with E-state index in [4.69, 9.17) is 16.1 Å². The average molecular weight is 454 g/mol. The lowest BCUT2D eigenvalue weighted by atomic mass is 9.50. The number of hydrogen-bond donors (Lipinski definition) is 1. The van der Waals surface area contributed by atoms with Crippen molar-refractivity contribution in [3.05, 3.63) is 48.0 Å². The summed E-state index contributed by atoms with van der Waals surface area (Å²) < 4.78 is 7.40. The Morgan fingerprint density at radius 1 is 1.32 bits per heavy atom. The molecule has 3 aliphatic carbocycles. The molecule has 0 aromatic carbocycles. The third-order valence-corrected chi connectivity index (χ3v) is 7.67. The highest BCUT2D eigenvalue weighted by molar-refractivity contribution is 5.93. The first-order valence-corrected chi connectivity index (χ1v) is 11.7. The van der Waals surface area contributed by atoms with Crippen molar-refractivity contribution < 1.29 is 9.53 Å². The van der Waals surface area contributed by atoms with Gasteiger partial charge >= 0.3 is 0 Å². The van der Waals surface area contributed by atoms with Crippen LogP contribution in [0.3, 0.4) is 0 Å². The molecule has 3 aromatic rings. The third-order valence-electron chi connectivity index (χ3n) is 7.67. The van der Waals surface area contributed by atoms with E-state index in [2.05, 4.69) is 41.5 Å². The fraction of sp³-hybridized carbons (Fsp3) is 0.407. The lowest BCUT2D eigenvalue weighted by Crippen LogP contribution is -2.67. The van der Waals surface area contributed by atoms with E-state index in [1.54, 1.807) is 16.9 Å². The maximum Gasteiger partial charge on any atom is 0.296 e. The van der Waals surface area contributed by atoms with Crippen molar-refractivity contribution in [3.63, 3.8) is 0 Å².